The number of amides is 1. The van der Waals surface area contributed by atoms with E-state index in [1.165, 1.54) is 0 Å². The molecule has 2 rings (SSSR count). The van der Waals surface area contributed by atoms with E-state index in [0.717, 1.165) is 11.4 Å². The second kappa shape index (κ2) is 10.6. The summed E-state index contributed by atoms with van der Waals surface area (Å²) in [6.07, 6.45) is 0.250. The summed E-state index contributed by atoms with van der Waals surface area (Å²) in [5.41, 5.74) is 0.701. The molecule has 0 spiro atoms. The Labute approximate surface area is 153 Å². The highest BCUT2D eigenvalue weighted by Gasteiger charge is 2.15. The van der Waals surface area contributed by atoms with Crippen molar-refractivity contribution in [1.82, 2.24) is 15.6 Å². The van der Waals surface area contributed by atoms with Crippen LogP contribution in [-0.4, -0.2) is 30.0 Å². The maximum atomic E-state index is 12.0. The number of nitrogens with zero attached hydrogens (tertiary/aromatic N) is 1. The van der Waals surface area contributed by atoms with E-state index in [1.54, 1.807) is 11.3 Å². The van der Waals surface area contributed by atoms with Crippen molar-refractivity contribution in [2.45, 2.75) is 33.2 Å². The van der Waals surface area contributed by atoms with Gasteiger partial charge in [-0.25, -0.2) is 4.98 Å². The van der Waals surface area contributed by atoms with E-state index in [2.05, 4.69) is 15.6 Å². The van der Waals surface area contributed by atoms with Crippen LogP contribution < -0.4 is 10.6 Å². The van der Waals surface area contributed by atoms with Crippen LogP contribution in [0.1, 0.15) is 25.3 Å². The van der Waals surface area contributed by atoms with E-state index in [1.807, 2.05) is 38.3 Å². The molecule has 0 saturated heterocycles. The van der Waals surface area contributed by atoms with Crippen LogP contribution in [0, 0.1) is 6.92 Å². The number of oxazole rings is 1. The Bertz CT molecular complexity index is 588. The third-order valence-corrected chi connectivity index (χ3v) is 3.97. The van der Waals surface area contributed by atoms with Crippen molar-refractivity contribution >= 4 is 42.1 Å². The molecule has 0 radical (unpaired) electrons. The van der Waals surface area contributed by atoms with Crippen LogP contribution in [0.15, 0.2) is 21.9 Å². The van der Waals surface area contributed by atoms with Gasteiger partial charge in [-0.1, -0.05) is 13.0 Å². The average molecular weight is 380 g/mol. The molecule has 0 saturated carbocycles. The van der Waals surface area contributed by atoms with Crippen LogP contribution >= 0.6 is 36.2 Å². The Morgan fingerprint density at radius 1 is 1.43 bits per heavy atom. The summed E-state index contributed by atoms with van der Waals surface area (Å²) in [5, 5.41) is 8.13. The first kappa shape index (κ1) is 21.9. The number of hydrogen-bond acceptors (Lipinski definition) is 5. The predicted molar refractivity (Wildman–Crippen MR) is 98.9 cm³/mol. The highest BCUT2D eigenvalue weighted by atomic mass is 35.5. The van der Waals surface area contributed by atoms with Crippen molar-refractivity contribution in [1.29, 1.82) is 0 Å². The van der Waals surface area contributed by atoms with Gasteiger partial charge in [0.1, 0.15) is 5.76 Å². The van der Waals surface area contributed by atoms with Gasteiger partial charge in [0.05, 0.1) is 17.0 Å². The highest BCUT2D eigenvalue weighted by molar-refractivity contribution is 7.13. The van der Waals surface area contributed by atoms with Crippen molar-refractivity contribution in [2.24, 2.45) is 0 Å². The molecule has 0 unspecified atom stereocenters. The fourth-order valence-electron chi connectivity index (χ4n) is 2.00. The Morgan fingerprint density at radius 2 is 2.17 bits per heavy atom. The topological polar surface area (TPSA) is 67.2 Å². The highest BCUT2D eigenvalue weighted by Crippen LogP contribution is 2.25. The largest absolute Gasteiger partial charge is 0.440 e. The normalized spacial score (nSPS) is 11.3. The van der Waals surface area contributed by atoms with Gasteiger partial charge in [-0.2, -0.15) is 0 Å². The molecule has 130 valence electrons. The molecule has 8 heteroatoms. The third-order valence-electron chi connectivity index (χ3n) is 3.11. The lowest BCUT2D eigenvalue weighted by Crippen LogP contribution is -2.39. The fourth-order valence-corrected chi connectivity index (χ4v) is 2.65. The number of hydrogen-bond donors (Lipinski definition) is 2. The first-order chi connectivity index (χ1) is 10.1. The first-order valence-electron chi connectivity index (χ1n) is 7.10. The van der Waals surface area contributed by atoms with E-state index >= 15 is 0 Å². The maximum absolute atomic E-state index is 12.0. The number of aryl methyl sites for hydroxylation is 1. The van der Waals surface area contributed by atoms with Crippen LogP contribution in [0.4, 0.5) is 0 Å². The van der Waals surface area contributed by atoms with Gasteiger partial charge in [-0.05, 0) is 31.8 Å². The minimum atomic E-state index is -0.0334. The molecule has 0 aliphatic carbocycles. The molecular formula is C15H23Cl2N3O2S. The van der Waals surface area contributed by atoms with Crippen molar-refractivity contribution < 1.29 is 9.21 Å². The summed E-state index contributed by atoms with van der Waals surface area (Å²) in [6, 6.07) is 4.17. The van der Waals surface area contributed by atoms with Gasteiger partial charge in [-0.15, -0.1) is 36.2 Å². The van der Waals surface area contributed by atoms with Gasteiger partial charge in [0, 0.05) is 12.6 Å². The number of likely N-dealkylation sites (N-methyl/N-ethyl adjacent to an activating group) is 1. The molecule has 5 nitrogen and oxygen atoms in total. The Balaban J connectivity index is 0.00000242. The molecule has 0 aliphatic rings. The van der Waals surface area contributed by atoms with Crippen molar-refractivity contribution in [3.05, 3.63) is 29.0 Å². The van der Waals surface area contributed by atoms with Crippen LogP contribution in [0.3, 0.4) is 0 Å². The Hall–Kier alpha value is -1.08. The lowest BCUT2D eigenvalue weighted by molar-refractivity contribution is -0.120. The van der Waals surface area contributed by atoms with Gasteiger partial charge in [0.15, 0.2) is 0 Å². The zero-order chi connectivity index (χ0) is 15.2. The first-order valence-corrected chi connectivity index (χ1v) is 7.98. The van der Waals surface area contributed by atoms with Crippen molar-refractivity contribution in [2.75, 3.05) is 13.1 Å². The van der Waals surface area contributed by atoms with Gasteiger partial charge >= 0.3 is 0 Å². The molecular weight excluding hydrogens is 357 g/mol. The van der Waals surface area contributed by atoms with Crippen LogP contribution in [-0.2, 0) is 11.2 Å². The molecule has 0 aliphatic heterocycles. The number of aromatic nitrogens is 1. The molecule has 1 atom stereocenters. The molecule has 2 heterocycles. The summed E-state index contributed by atoms with van der Waals surface area (Å²) < 4.78 is 5.63. The number of carbonyl (C=O) groups excluding carboxylic acids is 1. The number of carbonyl (C=O) groups is 1. The molecule has 2 N–H and O–H groups in total. The van der Waals surface area contributed by atoms with Crippen LogP contribution in [0.25, 0.3) is 10.8 Å². The van der Waals surface area contributed by atoms with E-state index in [-0.39, 0.29) is 43.2 Å². The average Bonchev–Trinajstić information content (AvgIpc) is 3.07. The van der Waals surface area contributed by atoms with E-state index in [0.29, 0.717) is 23.9 Å². The summed E-state index contributed by atoms with van der Waals surface area (Å²) in [6.45, 7) is 7.43. The molecule has 23 heavy (non-hydrogen) atoms. The minimum Gasteiger partial charge on any atom is -0.440 e. The van der Waals surface area contributed by atoms with E-state index in [4.69, 9.17) is 4.42 Å². The van der Waals surface area contributed by atoms with Crippen molar-refractivity contribution in [3.63, 3.8) is 0 Å². The van der Waals surface area contributed by atoms with Gasteiger partial charge in [-0.3, -0.25) is 4.79 Å². The molecule has 2 aromatic rings. The molecule has 1 amide bonds. The van der Waals surface area contributed by atoms with E-state index < -0.39 is 0 Å². The molecule has 0 bridgehead atoms. The van der Waals surface area contributed by atoms with Crippen LogP contribution in [0.5, 0.6) is 0 Å². The van der Waals surface area contributed by atoms with E-state index in [9.17, 15) is 4.79 Å². The van der Waals surface area contributed by atoms with Crippen molar-refractivity contribution in [3.8, 4) is 10.8 Å². The summed E-state index contributed by atoms with van der Waals surface area (Å²) in [7, 11) is 0. The fraction of sp³-hybridized carbons (Fsp3) is 0.467. The summed E-state index contributed by atoms with van der Waals surface area (Å²) in [4.78, 5) is 17.4. The molecule has 0 fully saturated rings. The standard InChI is InChI=1S/C15H21N3O2S.2ClH/c1-4-16-10(2)9-17-14(19)8-12-11(3)20-15(18-12)13-6-5-7-21-13;;/h5-7,10,16H,4,8-9H2,1-3H3,(H,17,19);2*1H/t10-;;/m1../s1. The zero-order valence-corrected chi connectivity index (χ0v) is 15.9. The number of nitrogens with one attached hydrogen (secondary N) is 2. The predicted octanol–water partition coefficient (Wildman–Crippen LogP) is 3.21. The second-order valence-electron chi connectivity index (χ2n) is 4.94. The number of rotatable bonds is 7. The van der Waals surface area contributed by atoms with Gasteiger partial charge in [0.2, 0.25) is 11.8 Å². The monoisotopic (exact) mass is 379 g/mol. The Kier molecular flexibility index (Phi) is 10.1. The lowest BCUT2D eigenvalue weighted by Gasteiger charge is -2.12. The minimum absolute atomic E-state index is 0. The number of thiophene rings is 1. The molecule has 0 aromatic carbocycles. The summed E-state index contributed by atoms with van der Waals surface area (Å²) >= 11 is 1.57. The summed E-state index contributed by atoms with van der Waals surface area (Å²) in [5.74, 6) is 1.26. The number of halogens is 2. The van der Waals surface area contributed by atoms with Crippen LogP contribution in [0.2, 0.25) is 0 Å². The maximum Gasteiger partial charge on any atom is 0.236 e. The lowest BCUT2D eigenvalue weighted by atomic mass is 10.2. The molecule has 2 aromatic heterocycles. The van der Waals surface area contributed by atoms with Gasteiger partial charge < -0.3 is 15.1 Å². The SMILES string of the molecule is CCN[C@H](C)CNC(=O)Cc1nc(-c2cccs2)oc1C.Cl.Cl. The van der Waals surface area contributed by atoms with Gasteiger partial charge in [0.25, 0.3) is 0 Å². The Morgan fingerprint density at radius 3 is 2.78 bits per heavy atom. The zero-order valence-electron chi connectivity index (χ0n) is 13.4. The quantitative estimate of drug-likeness (QED) is 0.774. The third kappa shape index (κ3) is 6.51. The second-order valence-corrected chi connectivity index (χ2v) is 5.89. The smallest absolute Gasteiger partial charge is 0.236 e.